The van der Waals surface area contributed by atoms with E-state index in [1.165, 1.54) is 12.1 Å². The van der Waals surface area contributed by atoms with Crippen LogP contribution in [0.3, 0.4) is 0 Å². The van der Waals surface area contributed by atoms with Crippen molar-refractivity contribution in [3.8, 4) is 17.1 Å². The van der Waals surface area contributed by atoms with Crippen LogP contribution in [0.1, 0.15) is 50.2 Å². The Labute approximate surface area is 220 Å². The zero-order chi connectivity index (χ0) is 26.6. The predicted octanol–water partition coefficient (Wildman–Crippen LogP) is 4.66. The summed E-state index contributed by atoms with van der Waals surface area (Å²) in [7, 11) is -3.88. The maximum absolute atomic E-state index is 13.1. The fraction of sp³-hybridized carbons (Fsp3) is 0.346. The van der Waals surface area contributed by atoms with Gasteiger partial charge in [-0.15, -0.1) is 5.10 Å². The molecule has 2 aromatic heterocycles. The summed E-state index contributed by atoms with van der Waals surface area (Å²) in [5, 5.41) is 5.24. The average Bonchev–Trinajstić information content (AvgIpc) is 3.20. The summed E-state index contributed by atoms with van der Waals surface area (Å²) in [5.74, 6) is 1.30. The van der Waals surface area contributed by atoms with Gasteiger partial charge in [-0.1, -0.05) is 43.5 Å². The van der Waals surface area contributed by atoms with Crippen LogP contribution in [-0.4, -0.2) is 34.6 Å². The molecule has 0 fully saturated rings. The molecule has 0 aliphatic heterocycles. The molecule has 2 heterocycles. The molecule has 0 saturated carbocycles. The van der Waals surface area contributed by atoms with Gasteiger partial charge in [-0.25, -0.2) is 22.6 Å². The molecule has 37 heavy (non-hydrogen) atoms. The smallest absolute Gasteiger partial charge is 0.277 e. The number of benzene rings is 2. The highest BCUT2D eigenvalue weighted by atomic mass is 35.5. The molecule has 0 amide bonds. The van der Waals surface area contributed by atoms with Crippen molar-refractivity contribution in [1.29, 1.82) is 0 Å². The molecule has 0 aliphatic carbocycles. The van der Waals surface area contributed by atoms with Gasteiger partial charge >= 0.3 is 0 Å². The number of fused-ring (bicyclic) bond motifs is 1. The minimum atomic E-state index is -3.88. The Kier molecular flexibility index (Phi) is 8.31. The molecule has 2 aromatic carbocycles. The standard InChI is InChI=1S/C26H30ClN5O4S/c1-4-6-7-8-23-29-17(3)24-26(33)30-25(31-32(23)24)21-15-20(13-14-22(21)36-5-2)37(34,35)28-16-18-9-11-19(27)12-10-18/h9-15,28H,4-8,16H2,1-3H3,(H,30,31,33). The maximum atomic E-state index is 13.1. The molecule has 0 atom stereocenters. The number of ether oxygens (including phenoxy) is 1. The lowest BCUT2D eigenvalue weighted by Crippen LogP contribution is -2.23. The number of nitrogens with one attached hydrogen (secondary N) is 2. The highest BCUT2D eigenvalue weighted by Crippen LogP contribution is 2.30. The third kappa shape index (κ3) is 6.03. The Hall–Kier alpha value is -3.21. The summed E-state index contributed by atoms with van der Waals surface area (Å²) in [6.07, 6.45) is 3.71. The number of hydrogen-bond donors (Lipinski definition) is 2. The van der Waals surface area contributed by atoms with E-state index in [0.29, 0.717) is 46.4 Å². The summed E-state index contributed by atoms with van der Waals surface area (Å²) >= 11 is 5.92. The number of sulfonamides is 1. The van der Waals surface area contributed by atoms with Crippen molar-refractivity contribution in [2.45, 2.75) is 57.9 Å². The lowest BCUT2D eigenvalue weighted by Gasteiger charge is -2.13. The molecule has 0 aliphatic rings. The number of unbranched alkanes of at least 4 members (excludes halogenated alkanes) is 2. The molecule has 0 bridgehead atoms. The predicted molar refractivity (Wildman–Crippen MR) is 144 cm³/mol. The van der Waals surface area contributed by atoms with Crippen LogP contribution in [0, 0.1) is 6.92 Å². The summed E-state index contributed by atoms with van der Waals surface area (Å²) in [4.78, 5) is 20.4. The van der Waals surface area contributed by atoms with Gasteiger partial charge in [-0.3, -0.25) is 4.79 Å². The number of H-pyrrole nitrogens is 1. The van der Waals surface area contributed by atoms with Gasteiger partial charge in [0.2, 0.25) is 10.0 Å². The number of nitrogens with zero attached hydrogens (tertiary/aromatic N) is 3. The number of hydrogen-bond acceptors (Lipinski definition) is 6. The van der Waals surface area contributed by atoms with Gasteiger partial charge in [0.25, 0.3) is 5.56 Å². The average molecular weight is 544 g/mol. The maximum Gasteiger partial charge on any atom is 0.277 e. The SMILES string of the molecule is CCCCCc1nc(C)c2c(=O)[nH]c(-c3cc(S(=O)(=O)NCc4ccc(Cl)cc4)ccc3OCC)nn12. The zero-order valence-corrected chi connectivity index (χ0v) is 22.6. The van der Waals surface area contributed by atoms with E-state index in [-0.39, 0.29) is 22.8 Å². The van der Waals surface area contributed by atoms with E-state index in [9.17, 15) is 13.2 Å². The Morgan fingerprint density at radius 2 is 1.86 bits per heavy atom. The summed E-state index contributed by atoms with van der Waals surface area (Å²) in [6, 6.07) is 11.4. The van der Waals surface area contributed by atoms with Crippen LogP contribution in [0.4, 0.5) is 0 Å². The van der Waals surface area contributed by atoms with Crippen LogP contribution in [0.15, 0.2) is 52.2 Å². The van der Waals surface area contributed by atoms with Crippen LogP contribution in [0.25, 0.3) is 16.9 Å². The van der Waals surface area contributed by atoms with Crippen molar-refractivity contribution in [1.82, 2.24) is 24.3 Å². The number of imidazole rings is 1. The number of aryl methyl sites for hydroxylation is 2. The van der Waals surface area contributed by atoms with Gasteiger partial charge in [0, 0.05) is 18.0 Å². The molecular weight excluding hydrogens is 514 g/mol. The number of halogens is 1. The minimum Gasteiger partial charge on any atom is -0.493 e. The van der Waals surface area contributed by atoms with E-state index in [1.54, 1.807) is 41.8 Å². The second-order valence-corrected chi connectivity index (χ2v) is 10.9. The van der Waals surface area contributed by atoms with Crippen LogP contribution in [0.5, 0.6) is 5.75 Å². The Balaban J connectivity index is 1.74. The third-order valence-electron chi connectivity index (χ3n) is 5.94. The van der Waals surface area contributed by atoms with E-state index in [0.717, 1.165) is 24.8 Å². The molecule has 11 heteroatoms. The molecule has 2 N–H and O–H groups in total. The lowest BCUT2D eigenvalue weighted by atomic mass is 10.2. The van der Waals surface area contributed by atoms with Crippen molar-refractivity contribution < 1.29 is 13.2 Å². The largest absolute Gasteiger partial charge is 0.493 e. The van der Waals surface area contributed by atoms with E-state index in [1.807, 2.05) is 6.92 Å². The molecule has 196 valence electrons. The van der Waals surface area contributed by atoms with Gasteiger partial charge in [-0.05, 0) is 56.2 Å². The second kappa shape index (κ2) is 11.5. The second-order valence-electron chi connectivity index (χ2n) is 8.68. The molecule has 9 nitrogen and oxygen atoms in total. The minimum absolute atomic E-state index is 0.0210. The topological polar surface area (TPSA) is 118 Å². The fourth-order valence-electron chi connectivity index (χ4n) is 4.06. The molecule has 0 unspecified atom stereocenters. The normalized spacial score (nSPS) is 11.8. The molecule has 0 radical (unpaired) electrons. The van der Waals surface area contributed by atoms with E-state index in [4.69, 9.17) is 16.3 Å². The fourth-order valence-corrected chi connectivity index (χ4v) is 5.23. The first-order valence-electron chi connectivity index (χ1n) is 12.2. The lowest BCUT2D eigenvalue weighted by molar-refractivity contribution is 0.341. The molecule has 4 aromatic rings. The van der Waals surface area contributed by atoms with Crippen molar-refractivity contribution >= 4 is 27.1 Å². The van der Waals surface area contributed by atoms with Crippen molar-refractivity contribution in [2.24, 2.45) is 0 Å². The quantitative estimate of drug-likeness (QED) is 0.266. The highest BCUT2D eigenvalue weighted by Gasteiger charge is 2.21. The monoisotopic (exact) mass is 543 g/mol. The zero-order valence-electron chi connectivity index (χ0n) is 21.0. The summed E-state index contributed by atoms with van der Waals surface area (Å²) in [5.41, 5.74) is 1.75. The number of rotatable bonds is 11. The first kappa shape index (κ1) is 26.8. The van der Waals surface area contributed by atoms with Crippen LogP contribution in [-0.2, 0) is 23.0 Å². The Bertz CT molecular complexity index is 1560. The van der Waals surface area contributed by atoms with Crippen molar-refractivity contribution in [3.63, 3.8) is 0 Å². The number of aromatic amines is 1. The molecule has 0 spiro atoms. The van der Waals surface area contributed by atoms with E-state index in [2.05, 4.69) is 26.7 Å². The van der Waals surface area contributed by atoms with Gasteiger partial charge in [0.15, 0.2) is 11.3 Å². The van der Waals surface area contributed by atoms with Gasteiger partial charge in [0.1, 0.15) is 11.6 Å². The third-order valence-corrected chi connectivity index (χ3v) is 7.59. The first-order valence-corrected chi connectivity index (χ1v) is 14.1. The van der Waals surface area contributed by atoms with Crippen LogP contribution in [0.2, 0.25) is 5.02 Å². The Morgan fingerprint density at radius 3 is 2.57 bits per heavy atom. The van der Waals surface area contributed by atoms with E-state index >= 15 is 0 Å². The van der Waals surface area contributed by atoms with Crippen LogP contribution >= 0.6 is 11.6 Å². The van der Waals surface area contributed by atoms with E-state index < -0.39 is 10.0 Å². The highest BCUT2D eigenvalue weighted by molar-refractivity contribution is 7.89. The van der Waals surface area contributed by atoms with Gasteiger partial charge in [-0.2, -0.15) is 0 Å². The molecular formula is C26H30ClN5O4S. The first-order chi connectivity index (χ1) is 17.7. The van der Waals surface area contributed by atoms with Crippen molar-refractivity contribution in [3.05, 3.63) is 74.9 Å². The van der Waals surface area contributed by atoms with Gasteiger partial charge < -0.3 is 9.72 Å². The van der Waals surface area contributed by atoms with Gasteiger partial charge in [0.05, 0.1) is 22.8 Å². The molecule has 0 saturated heterocycles. The molecule has 4 rings (SSSR count). The Morgan fingerprint density at radius 1 is 1.11 bits per heavy atom. The summed E-state index contributed by atoms with van der Waals surface area (Å²) in [6.45, 7) is 6.18. The summed E-state index contributed by atoms with van der Waals surface area (Å²) < 4.78 is 36.2. The van der Waals surface area contributed by atoms with Crippen LogP contribution < -0.4 is 15.0 Å². The number of aromatic nitrogens is 4. The van der Waals surface area contributed by atoms with Crippen molar-refractivity contribution in [2.75, 3.05) is 6.61 Å².